The van der Waals surface area contributed by atoms with Crippen LogP contribution < -0.4 is 0 Å². The summed E-state index contributed by atoms with van der Waals surface area (Å²) >= 11 is 0. The van der Waals surface area contributed by atoms with Crippen LogP contribution in [0.3, 0.4) is 0 Å². The second-order valence-corrected chi connectivity index (χ2v) is 9.79. The molecule has 0 heterocycles. The molecule has 0 amide bonds. The zero-order valence-electron chi connectivity index (χ0n) is 18.8. The van der Waals surface area contributed by atoms with Gasteiger partial charge in [-0.15, -0.1) is 0 Å². The minimum atomic E-state index is -2.74. The fourth-order valence-corrected chi connectivity index (χ4v) is 5.75. The molecule has 0 nitrogen and oxygen atoms in total. The Morgan fingerprint density at radius 2 is 1.57 bits per heavy atom. The highest BCUT2D eigenvalue weighted by atomic mass is 19.3. The zero-order valence-corrected chi connectivity index (χ0v) is 18.8. The Bertz CT molecular complexity index is 678. The van der Waals surface area contributed by atoms with Crippen molar-refractivity contribution in [2.24, 2.45) is 17.8 Å². The summed E-state index contributed by atoms with van der Waals surface area (Å²) in [6.45, 7) is 3.86. The predicted octanol–water partition coefficient (Wildman–Crippen LogP) is 9.29. The molecule has 0 unspecified atom stereocenters. The van der Waals surface area contributed by atoms with Crippen LogP contribution in [0, 0.1) is 30.5 Å². The van der Waals surface area contributed by atoms with Gasteiger partial charge in [-0.05, 0) is 80.2 Å². The minimum absolute atomic E-state index is 0.0751. The molecule has 0 aromatic heterocycles. The summed E-state index contributed by atoms with van der Waals surface area (Å²) in [7, 11) is 0. The van der Waals surface area contributed by atoms with Gasteiger partial charge in [-0.1, -0.05) is 69.7 Å². The van der Waals surface area contributed by atoms with Crippen molar-refractivity contribution in [2.75, 3.05) is 0 Å². The number of rotatable bonds is 8. The summed E-state index contributed by atoms with van der Waals surface area (Å²) in [6, 6.07) is 3.38. The highest BCUT2D eigenvalue weighted by molar-refractivity contribution is 5.36. The maximum Gasteiger partial charge on any atom is 0.266 e. The van der Waals surface area contributed by atoms with Crippen LogP contribution >= 0.6 is 0 Å². The van der Waals surface area contributed by atoms with E-state index >= 15 is 0 Å². The molecule has 0 atom stereocenters. The van der Waals surface area contributed by atoms with Gasteiger partial charge < -0.3 is 0 Å². The van der Waals surface area contributed by atoms with E-state index in [1.54, 1.807) is 19.1 Å². The molecule has 0 saturated heterocycles. The lowest BCUT2D eigenvalue weighted by atomic mass is 9.77. The summed E-state index contributed by atoms with van der Waals surface area (Å²) in [4.78, 5) is 0. The Balaban J connectivity index is 1.41. The van der Waals surface area contributed by atoms with E-state index in [0.29, 0.717) is 17.0 Å². The van der Waals surface area contributed by atoms with E-state index in [-0.39, 0.29) is 5.92 Å². The van der Waals surface area contributed by atoms with Crippen molar-refractivity contribution >= 4 is 0 Å². The molecule has 0 spiro atoms. The predicted molar refractivity (Wildman–Crippen MR) is 120 cm³/mol. The molecule has 0 aliphatic heterocycles. The Hall–Kier alpha value is -1.25. The van der Waals surface area contributed by atoms with Crippen molar-refractivity contribution in [3.05, 3.63) is 46.8 Å². The lowest BCUT2D eigenvalue weighted by Crippen LogP contribution is -2.14. The number of aryl methyl sites for hydroxylation is 1. The van der Waals surface area contributed by atoms with Gasteiger partial charge in [0.2, 0.25) is 0 Å². The van der Waals surface area contributed by atoms with E-state index in [2.05, 4.69) is 19.1 Å². The molecule has 3 heteroatoms. The summed E-state index contributed by atoms with van der Waals surface area (Å²) in [5.41, 5.74) is 0.442. The third kappa shape index (κ3) is 6.14. The lowest BCUT2D eigenvalue weighted by molar-refractivity contribution is 0.145. The van der Waals surface area contributed by atoms with E-state index < -0.39 is 17.8 Å². The molecule has 2 saturated carbocycles. The molecule has 3 rings (SSSR count). The van der Waals surface area contributed by atoms with Crippen LogP contribution in [0.5, 0.6) is 0 Å². The second kappa shape index (κ2) is 11.4. The van der Waals surface area contributed by atoms with Crippen LogP contribution in [-0.2, 0) is 0 Å². The van der Waals surface area contributed by atoms with Crippen molar-refractivity contribution in [3.8, 4) is 0 Å². The summed E-state index contributed by atoms with van der Waals surface area (Å²) in [6.07, 6.45) is 16.7. The number of hydrogen-bond acceptors (Lipinski definition) is 0. The van der Waals surface area contributed by atoms with E-state index in [0.717, 1.165) is 37.5 Å². The highest BCUT2D eigenvalue weighted by Gasteiger charge is 2.27. The van der Waals surface area contributed by atoms with Gasteiger partial charge in [0.15, 0.2) is 0 Å². The normalized spacial score (nSPS) is 27.8. The fourth-order valence-electron chi connectivity index (χ4n) is 5.75. The Kier molecular flexibility index (Phi) is 8.89. The first-order valence-corrected chi connectivity index (χ1v) is 12.2. The SMILES string of the molecule is CCCC1CCC(CCC=CC2CCC(c3ccc(C)c(C(F)F)c3F)CC2)CC1. The van der Waals surface area contributed by atoms with Crippen molar-refractivity contribution in [3.63, 3.8) is 0 Å². The Labute approximate surface area is 181 Å². The van der Waals surface area contributed by atoms with Crippen LogP contribution in [-0.4, -0.2) is 0 Å². The summed E-state index contributed by atoms with van der Waals surface area (Å²) < 4.78 is 41.1. The van der Waals surface area contributed by atoms with Crippen LogP contribution in [0.1, 0.15) is 113 Å². The maximum absolute atomic E-state index is 14.7. The largest absolute Gasteiger partial charge is 0.266 e. The van der Waals surface area contributed by atoms with Crippen molar-refractivity contribution < 1.29 is 13.2 Å². The molecular weight excluding hydrogens is 381 g/mol. The molecular formula is C27H39F3. The van der Waals surface area contributed by atoms with Gasteiger partial charge in [-0.3, -0.25) is 0 Å². The van der Waals surface area contributed by atoms with E-state index in [9.17, 15) is 13.2 Å². The topological polar surface area (TPSA) is 0 Å². The number of allylic oxidation sites excluding steroid dienone is 2. The third-order valence-electron chi connectivity index (χ3n) is 7.67. The first-order chi connectivity index (χ1) is 14.5. The lowest BCUT2D eigenvalue weighted by Gasteiger charge is -2.29. The van der Waals surface area contributed by atoms with Crippen LogP contribution in [0.2, 0.25) is 0 Å². The highest BCUT2D eigenvalue weighted by Crippen LogP contribution is 2.40. The molecule has 1 aromatic carbocycles. The van der Waals surface area contributed by atoms with Crippen LogP contribution in [0.15, 0.2) is 24.3 Å². The zero-order chi connectivity index (χ0) is 21.5. The molecule has 2 aliphatic rings. The minimum Gasteiger partial charge on any atom is -0.206 e. The summed E-state index contributed by atoms with van der Waals surface area (Å²) in [5.74, 6) is 1.85. The van der Waals surface area contributed by atoms with Crippen LogP contribution in [0.4, 0.5) is 13.2 Å². The second-order valence-electron chi connectivity index (χ2n) is 9.79. The number of halogens is 3. The van der Waals surface area contributed by atoms with E-state index in [4.69, 9.17) is 0 Å². The molecule has 1 aromatic rings. The van der Waals surface area contributed by atoms with E-state index in [1.165, 1.54) is 51.4 Å². The molecule has 2 fully saturated rings. The smallest absolute Gasteiger partial charge is 0.206 e. The van der Waals surface area contributed by atoms with Gasteiger partial charge in [0, 0.05) is 0 Å². The van der Waals surface area contributed by atoms with Crippen molar-refractivity contribution in [1.82, 2.24) is 0 Å². The van der Waals surface area contributed by atoms with E-state index in [1.807, 2.05) is 0 Å². The monoisotopic (exact) mass is 420 g/mol. The number of benzene rings is 1. The molecule has 0 N–H and O–H groups in total. The van der Waals surface area contributed by atoms with Gasteiger partial charge in [0.25, 0.3) is 6.43 Å². The van der Waals surface area contributed by atoms with Gasteiger partial charge >= 0.3 is 0 Å². The van der Waals surface area contributed by atoms with Crippen LogP contribution in [0.25, 0.3) is 0 Å². The van der Waals surface area contributed by atoms with Gasteiger partial charge in [0.1, 0.15) is 5.82 Å². The molecule has 0 radical (unpaired) electrons. The molecule has 168 valence electrons. The average Bonchev–Trinajstić information content (AvgIpc) is 2.73. The fraction of sp³-hybridized carbons (Fsp3) is 0.704. The number of alkyl halides is 2. The Morgan fingerprint density at radius 1 is 0.933 bits per heavy atom. The van der Waals surface area contributed by atoms with Gasteiger partial charge in [0.05, 0.1) is 5.56 Å². The molecule has 0 bridgehead atoms. The first-order valence-electron chi connectivity index (χ1n) is 12.2. The summed E-state index contributed by atoms with van der Waals surface area (Å²) in [5, 5.41) is 0. The maximum atomic E-state index is 14.7. The van der Waals surface area contributed by atoms with Crippen molar-refractivity contribution in [2.45, 2.75) is 103 Å². The third-order valence-corrected chi connectivity index (χ3v) is 7.67. The average molecular weight is 421 g/mol. The molecule has 2 aliphatic carbocycles. The van der Waals surface area contributed by atoms with Crippen molar-refractivity contribution in [1.29, 1.82) is 0 Å². The molecule has 30 heavy (non-hydrogen) atoms. The van der Waals surface area contributed by atoms with Gasteiger partial charge in [-0.25, -0.2) is 13.2 Å². The Morgan fingerprint density at radius 3 is 2.17 bits per heavy atom. The quantitative estimate of drug-likeness (QED) is 0.368. The van der Waals surface area contributed by atoms with Gasteiger partial charge in [-0.2, -0.15) is 0 Å². The number of hydrogen-bond donors (Lipinski definition) is 0. The first kappa shape index (κ1) is 23.4. The standard InChI is InChI=1S/C27H39F3/c1-3-6-20-10-12-21(13-11-20)7-4-5-8-22-14-16-23(17-15-22)24-18-9-19(2)25(26(24)28)27(29)30/h5,8-9,18,20-23,27H,3-4,6-7,10-17H2,1-2H3.